The van der Waals surface area contributed by atoms with E-state index in [-0.39, 0.29) is 5.78 Å². The van der Waals surface area contributed by atoms with Crippen LogP contribution >= 0.6 is 0 Å². The number of carbonyl (C=O) groups excluding carboxylic acids is 1. The molecule has 0 saturated carbocycles. The van der Waals surface area contributed by atoms with Crippen LogP contribution in [0.3, 0.4) is 0 Å². The molecule has 0 saturated heterocycles. The second-order valence-electron chi connectivity index (χ2n) is 5.07. The van der Waals surface area contributed by atoms with Gasteiger partial charge < -0.3 is 9.84 Å². The van der Waals surface area contributed by atoms with Crippen LogP contribution in [0.5, 0.6) is 0 Å². The van der Waals surface area contributed by atoms with Gasteiger partial charge in [0.15, 0.2) is 5.78 Å². The molecule has 20 heavy (non-hydrogen) atoms. The summed E-state index contributed by atoms with van der Waals surface area (Å²) >= 11 is 0. The third-order valence-corrected chi connectivity index (χ3v) is 3.45. The van der Waals surface area contributed by atoms with Crippen LogP contribution in [0, 0.1) is 0 Å². The minimum Gasteiger partial charge on any atom is -0.371 e. The van der Waals surface area contributed by atoms with E-state index in [0.29, 0.717) is 12.0 Å². The minimum atomic E-state index is -0.520. The van der Waals surface area contributed by atoms with Crippen molar-refractivity contribution in [1.29, 1.82) is 0 Å². The van der Waals surface area contributed by atoms with Crippen LogP contribution in [0.1, 0.15) is 62.2 Å². The highest BCUT2D eigenvalue weighted by atomic mass is 16.6. The highest BCUT2D eigenvalue weighted by Crippen LogP contribution is 2.14. The highest BCUT2D eigenvalue weighted by molar-refractivity contribution is 5.99. The summed E-state index contributed by atoms with van der Waals surface area (Å²) in [5.41, 5.74) is 0.650. The summed E-state index contributed by atoms with van der Waals surface area (Å²) in [5, 5.41) is 8.93. The molecule has 3 nitrogen and oxygen atoms in total. The predicted octanol–water partition coefficient (Wildman–Crippen LogP) is 3.95. The van der Waals surface area contributed by atoms with E-state index >= 15 is 0 Å². The van der Waals surface area contributed by atoms with Crippen LogP contribution in [0.2, 0.25) is 0 Å². The van der Waals surface area contributed by atoms with Gasteiger partial charge in [0.25, 0.3) is 0 Å². The summed E-state index contributed by atoms with van der Waals surface area (Å²) in [7, 11) is 0. The molecular weight excluding hydrogens is 252 g/mol. The lowest BCUT2D eigenvalue weighted by atomic mass is 10.0. The number of ether oxygens (including phenoxy) is 1. The molecule has 0 aliphatic heterocycles. The number of aliphatic hydroxyl groups is 1. The van der Waals surface area contributed by atoms with Crippen LogP contribution in [0.4, 0.5) is 0 Å². The van der Waals surface area contributed by atoms with Crippen molar-refractivity contribution in [3.63, 3.8) is 0 Å². The van der Waals surface area contributed by atoms with Gasteiger partial charge in [-0.05, 0) is 6.42 Å². The fraction of sp³-hybridized carbons (Fsp3) is 0.588. The Balaban J connectivity index is 2.38. The minimum absolute atomic E-state index is 0.0341. The van der Waals surface area contributed by atoms with Crippen LogP contribution in [0.25, 0.3) is 0 Å². The lowest BCUT2D eigenvalue weighted by molar-refractivity contribution is -0.0413. The third kappa shape index (κ3) is 6.31. The number of carbonyl (C=O) groups is 1. The average Bonchev–Trinajstić information content (AvgIpc) is 2.50. The molecule has 0 aliphatic carbocycles. The molecule has 0 heterocycles. The molecule has 1 unspecified atom stereocenters. The number of hydrogen-bond acceptors (Lipinski definition) is 3. The van der Waals surface area contributed by atoms with E-state index in [2.05, 4.69) is 6.92 Å². The van der Waals surface area contributed by atoms with Crippen molar-refractivity contribution >= 4 is 5.78 Å². The average molecular weight is 278 g/mol. The summed E-state index contributed by atoms with van der Waals surface area (Å²) in [4.78, 5) is 12.3. The molecule has 112 valence electrons. The van der Waals surface area contributed by atoms with Gasteiger partial charge >= 0.3 is 0 Å². The largest absolute Gasteiger partial charge is 0.371 e. The van der Waals surface area contributed by atoms with Gasteiger partial charge in [-0.2, -0.15) is 0 Å². The molecule has 0 amide bonds. The van der Waals surface area contributed by atoms with Gasteiger partial charge in [-0.15, -0.1) is 0 Å². The maximum Gasteiger partial charge on any atom is 0.191 e. The first kappa shape index (κ1) is 16.9. The Morgan fingerprint density at radius 1 is 1.10 bits per heavy atom. The van der Waals surface area contributed by atoms with Crippen molar-refractivity contribution in [3.05, 3.63) is 35.9 Å². The molecule has 1 aromatic rings. The number of rotatable bonds is 11. The molecule has 0 spiro atoms. The van der Waals surface area contributed by atoms with Crippen molar-refractivity contribution in [1.82, 2.24) is 0 Å². The Labute approximate surface area is 122 Å². The summed E-state index contributed by atoms with van der Waals surface area (Å²) < 4.78 is 5.19. The van der Waals surface area contributed by atoms with Gasteiger partial charge in [0, 0.05) is 5.56 Å². The first-order valence-electron chi connectivity index (χ1n) is 7.61. The molecule has 1 rings (SSSR count). The smallest absolute Gasteiger partial charge is 0.191 e. The van der Waals surface area contributed by atoms with Gasteiger partial charge in [0.1, 0.15) is 12.9 Å². The number of unbranched alkanes of at least 4 members (excludes halogenated alkanes) is 5. The fourth-order valence-electron chi connectivity index (χ4n) is 2.28. The molecule has 1 aromatic carbocycles. The third-order valence-electron chi connectivity index (χ3n) is 3.45. The Kier molecular flexibility index (Phi) is 8.92. The van der Waals surface area contributed by atoms with Crippen molar-refractivity contribution in [2.24, 2.45) is 0 Å². The second kappa shape index (κ2) is 10.6. The van der Waals surface area contributed by atoms with Crippen molar-refractivity contribution in [2.75, 3.05) is 6.79 Å². The van der Waals surface area contributed by atoms with E-state index in [1.54, 1.807) is 12.1 Å². The quantitative estimate of drug-likeness (QED) is 0.379. The van der Waals surface area contributed by atoms with E-state index in [1.165, 1.54) is 25.7 Å². The van der Waals surface area contributed by atoms with Crippen LogP contribution in [0.15, 0.2) is 30.3 Å². The second-order valence-corrected chi connectivity index (χ2v) is 5.07. The number of ketones is 1. The zero-order valence-electron chi connectivity index (χ0n) is 12.4. The van der Waals surface area contributed by atoms with Crippen molar-refractivity contribution in [2.45, 2.75) is 58.0 Å². The van der Waals surface area contributed by atoms with Gasteiger partial charge in [-0.3, -0.25) is 4.79 Å². The Bertz CT molecular complexity index is 362. The summed E-state index contributed by atoms with van der Waals surface area (Å²) in [6, 6.07) is 9.14. The number of Topliss-reactive ketones (excluding diaryl/α,β-unsaturated/α-hetero) is 1. The zero-order valence-corrected chi connectivity index (χ0v) is 12.4. The maximum absolute atomic E-state index is 12.3. The molecule has 0 bridgehead atoms. The number of benzene rings is 1. The lowest BCUT2D eigenvalue weighted by Gasteiger charge is -2.15. The monoisotopic (exact) mass is 278 g/mol. The summed E-state index contributed by atoms with van der Waals surface area (Å²) in [6.07, 6.45) is 7.23. The van der Waals surface area contributed by atoms with E-state index in [1.807, 2.05) is 18.2 Å². The molecule has 3 heteroatoms. The SMILES string of the molecule is CCCCCCCCC(OCO)C(=O)c1ccccc1. The predicted molar refractivity (Wildman–Crippen MR) is 80.7 cm³/mol. The van der Waals surface area contributed by atoms with Gasteiger partial charge in [0.05, 0.1) is 0 Å². The molecule has 0 fully saturated rings. The molecule has 0 radical (unpaired) electrons. The number of hydrogen-bond donors (Lipinski definition) is 1. The summed E-state index contributed by atoms with van der Waals surface area (Å²) in [5.74, 6) is -0.0341. The maximum atomic E-state index is 12.3. The number of aliphatic hydroxyl groups excluding tert-OH is 1. The van der Waals surface area contributed by atoms with Crippen molar-refractivity contribution in [3.8, 4) is 0 Å². The highest BCUT2D eigenvalue weighted by Gasteiger charge is 2.19. The van der Waals surface area contributed by atoms with E-state index in [0.717, 1.165) is 12.8 Å². The van der Waals surface area contributed by atoms with Gasteiger partial charge in [-0.1, -0.05) is 75.8 Å². The lowest BCUT2D eigenvalue weighted by Crippen LogP contribution is -2.25. The molecule has 1 atom stereocenters. The van der Waals surface area contributed by atoms with E-state index in [9.17, 15) is 4.79 Å². The fourth-order valence-corrected chi connectivity index (χ4v) is 2.28. The molecule has 1 N–H and O–H groups in total. The van der Waals surface area contributed by atoms with Gasteiger partial charge in [-0.25, -0.2) is 0 Å². The molecule has 0 aromatic heterocycles. The first-order valence-corrected chi connectivity index (χ1v) is 7.61. The zero-order chi connectivity index (χ0) is 14.6. The van der Waals surface area contributed by atoms with Crippen molar-refractivity contribution < 1.29 is 14.6 Å². The van der Waals surface area contributed by atoms with Gasteiger partial charge in [0.2, 0.25) is 0 Å². The first-order chi connectivity index (χ1) is 9.79. The van der Waals surface area contributed by atoms with E-state index in [4.69, 9.17) is 9.84 Å². The summed E-state index contributed by atoms with van der Waals surface area (Å²) in [6.45, 7) is 1.79. The molecule has 0 aliphatic rings. The van der Waals surface area contributed by atoms with Crippen LogP contribution < -0.4 is 0 Å². The molecular formula is C17H26O3. The van der Waals surface area contributed by atoms with Crippen LogP contribution in [-0.4, -0.2) is 23.8 Å². The topological polar surface area (TPSA) is 46.5 Å². The Morgan fingerprint density at radius 2 is 1.75 bits per heavy atom. The van der Waals surface area contributed by atoms with Crippen LogP contribution in [-0.2, 0) is 4.74 Å². The van der Waals surface area contributed by atoms with E-state index < -0.39 is 12.9 Å². The Hall–Kier alpha value is -1.19. The Morgan fingerprint density at radius 3 is 2.40 bits per heavy atom. The normalized spacial score (nSPS) is 12.3. The standard InChI is InChI=1S/C17H26O3/c1-2-3-4-5-6-10-13-16(20-14-18)17(19)15-11-8-7-9-12-15/h7-9,11-12,16,18H,2-6,10,13-14H2,1H3.